The van der Waals surface area contributed by atoms with Gasteiger partial charge >= 0.3 is 0 Å². The largest absolute Gasteiger partial charge is 0.456 e. The van der Waals surface area contributed by atoms with Gasteiger partial charge in [0.25, 0.3) is 0 Å². The molecule has 5 aromatic heterocycles. The van der Waals surface area contributed by atoms with Crippen LogP contribution in [0.25, 0.3) is 106 Å². The van der Waals surface area contributed by atoms with Crippen molar-refractivity contribution in [3.05, 3.63) is 205 Å². The number of nitrogens with zero attached hydrogens (tertiary/aromatic N) is 2. The van der Waals surface area contributed by atoms with Crippen molar-refractivity contribution >= 4 is 163 Å². The van der Waals surface area contributed by atoms with Crippen LogP contribution in [0.1, 0.15) is 18.1 Å². The molecule has 5 heterocycles. The molecule has 70 heavy (non-hydrogen) atoms. The average Bonchev–Trinajstić information content (AvgIpc) is 4.21. The van der Waals surface area contributed by atoms with E-state index in [9.17, 15) is 0 Å². The predicted octanol–water partition coefficient (Wildman–Crippen LogP) is 19.9. The molecule has 0 fully saturated rings. The summed E-state index contributed by atoms with van der Waals surface area (Å²) in [6.45, 7) is 4.36. The minimum atomic E-state index is 0.888. The van der Waals surface area contributed by atoms with Gasteiger partial charge in [-0.1, -0.05) is 79.7 Å². The third-order valence-electron chi connectivity index (χ3n) is 14.2. The molecule has 0 aliphatic rings. The monoisotopic (exact) mass is 936 g/mol. The van der Waals surface area contributed by atoms with Crippen LogP contribution in [0.4, 0.5) is 34.1 Å². The van der Waals surface area contributed by atoms with Crippen LogP contribution in [-0.4, -0.2) is 0 Å². The zero-order valence-electron chi connectivity index (χ0n) is 38.1. The van der Waals surface area contributed by atoms with Crippen LogP contribution in [-0.2, 0) is 6.42 Å². The van der Waals surface area contributed by atoms with E-state index in [1.54, 1.807) is 0 Å². The number of aryl methyl sites for hydroxylation is 2. The van der Waals surface area contributed by atoms with Crippen molar-refractivity contribution in [1.82, 2.24) is 0 Å². The van der Waals surface area contributed by atoms with E-state index in [-0.39, 0.29) is 0 Å². The molecular formula is C63H40N2O3S2. The molecule has 7 heteroatoms. The molecule has 0 radical (unpaired) electrons. The van der Waals surface area contributed by atoms with Gasteiger partial charge in [-0.3, -0.25) is 0 Å². The Bertz CT molecular complexity index is 4640. The SMILES string of the molecule is CCc1cccc(N(c2ccc3c(c2)sc2cc4c(cc23)oc2cc3c(cc24)sc2cc(N(c4cccc(C)c4)c4ccc5oc6ccccc6c5c4)ccc23)c2ccc3oc4ccccc4c3c2)c1. The summed E-state index contributed by atoms with van der Waals surface area (Å²) in [5.41, 5.74) is 14.5. The fourth-order valence-corrected chi connectivity index (χ4v) is 13.2. The van der Waals surface area contributed by atoms with Gasteiger partial charge in [0.1, 0.15) is 33.5 Å². The molecular weight excluding hydrogens is 897 g/mol. The summed E-state index contributed by atoms with van der Waals surface area (Å²) in [7, 11) is 0. The minimum Gasteiger partial charge on any atom is -0.456 e. The Kier molecular flexibility index (Phi) is 8.53. The summed E-state index contributed by atoms with van der Waals surface area (Å²) < 4.78 is 24.2. The second-order valence-electron chi connectivity index (χ2n) is 18.4. The van der Waals surface area contributed by atoms with E-state index in [1.165, 1.54) is 51.5 Å². The van der Waals surface area contributed by atoms with E-state index in [0.717, 1.165) is 106 Å². The number of benzene rings is 10. The highest BCUT2D eigenvalue weighted by atomic mass is 32.1. The molecule has 0 saturated heterocycles. The Labute approximate surface area is 409 Å². The first-order chi connectivity index (χ1) is 34.5. The molecule has 0 bridgehead atoms. The van der Waals surface area contributed by atoms with Gasteiger partial charge in [0.2, 0.25) is 0 Å². The molecule has 15 aromatic rings. The highest BCUT2D eigenvalue weighted by molar-refractivity contribution is 7.26. The fourth-order valence-electron chi connectivity index (χ4n) is 10.9. The highest BCUT2D eigenvalue weighted by Gasteiger charge is 2.21. The maximum atomic E-state index is 6.79. The summed E-state index contributed by atoms with van der Waals surface area (Å²) in [4.78, 5) is 4.74. The van der Waals surface area contributed by atoms with Crippen molar-refractivity contribution in [3.8, 4) is 0 Å². The Morgan fingerprint density at radius 2 is 0.743 bits per heavy atom. The topological polar surface area (TPSA) is 45.9 Å². The third kappa shape index (κ3) is 6.08. The number of anilines is 6. The van der Waals surface area contributed by atoms with Crippen LogP contribution in [0.3, 0.4) is 0 Å². The summed E-state index contributed by atoms with van der Waals surface area (Å²) in [5.74, 6) is 0. The number of thiophene rings is 2. The zero-order chi connectivity index (χ0) is 46.2. The average molecular weight is 937 g/mol. The molecule has 10 aromatic carbocycles. The predicted molar refractivity (Wildman–Crippen MR) is 298 cm³/mol. The zero-order valence-corrected chi connectivity index (χ0v) is 39.8. The Morgan fingerprint density at radius 1 is 0.314 bits per heavy atom. The number of furan rings is 3. The van der Waals surface area contributed by atoms with Gasteiger partial charge in [-0.15, -0.1) is 22.7 Å². The molecule has 15 rings (SSSR count). The number of fused-ring (bicyclic) bond motifs is 15. The van der Waals surface area contributed by atoms with E-state index in [0.29, 0.717) is 0 Å². The molecule has 5 nitrogen and oxygen atoms in total. The smallest absolute Gasteiger partial charge is 0.136 e. The Hall–Kier alpha value is -8.36. The summed E-state index contributed by atoms with van der Waals surface area (Å²) in [6.07, 6.45) is 0.962. The van der Waals surface area contributed by atoms with E-state index in [1.807, 2.05) is 46.9 Å². The summed E-state index contributed by atoms with van der Waals surface area (Å²) >= 11 is 3.68. The quantitative estimate of drug-likeness (QED) is 0.159. The van der Waals surface area contributed by atoms with Crippen molar-refractivity contribution in [2.45, 2.75) is 20.3 Å². The van der Waals surface area contributed by atoms with Gasteiger partial charge in [-0.2, -0.15) is 0 Å². The molecule has 0 spiro atoms. The van der Waals surface area contributed by atoms with Crippen molar-refractivity contribution in [1.29, 1.82) is 0 Å². The molecule has 0 amide bonds. The lowest BCUT2D eigenvalue weighted by Gasteiger charge is -2.26. The molecule has 332 valence electrons. The van der Waals surface area contributed by atoms with Crippen LogP contribution in [0, 0.1) is 6.92 Å². The van der Waals surface area contributed by atoms with Crippen LogP contribution >= 0.6 is 22.7 Å². The first-order valence-electron chi connectivity index (χ1n) is 23.8. The molecule has 0 aliphatic heterocycles. The first kappa shape index (κ1) is 39.6. The number of hydrogen-bond donors (Lipinski definition) is 0. The summed E-state index contributed by atoms with van der Waals surface area (Å²) in [5, 5.41) is 11.6. The van der Waals surface area contributed by atoms with Crippen LogP contribution in [0.5, 0.6) is 0 Å². The molecule has 0 saturated carbocycles. The van der Waals surface area contributed by atoms with Crippen molar-refractivity contribution in [2.75, 3.05) is 9.80 Å². The van der Waals surface area contributed by atoms with Crippen molar-refractivity contribution in [3.63, 3.8) is 0 Å². The lowest BCUT2D eigenvalue weighted by atomic mass is 10.1. The molecule has 0 N–H and O–H groups in total. The number of hydrogen-bond acceptors (Lipinski definition) is 7. The van der Waals surface area contributed by atoms with Crippen LogP contribution in [0.2, 0.25) is 0 Å². The molecule has 0 unspecified atom stereocenters. The minimum absolute atomic E-state index is 0.888. The van der Waals surface area contributed by atoms with Gasteiger partial charge < -0.3 is 23.1 Å². The standard InChI is InChI=1S/C63H40N2O3S2/c1-3-37-11-9-13-39(27-37)65(41-21-25-57-49(29-41)45-15-5-7-17-55(45)67-57)43-19-23-47-53-33-59-51(35-63(53)70-61(47)31-43)50-34-62-52(32-58(50)68-59)46-22-18-42(30-60(46)69-62)64(38-12-8-10-36(2)26-38)40-20-24-56-48(28-40)44-14-4-6-16-54(44)66-56/h4-35H,3H2,1-2H3. The first-order valence-corrected chi connectivity index (χ1v) is 25.4. The van der Waals surface area contributed by atoms with Gasteiger partial charge in [0.05, 0.1) is 0 Å². The van der Waals surface area contributed by atoms with Crippen LogP contribution in [0.15, 0.2) is 207 Å². The second kappa shape index (κ2) is 15.1. The Balaban J connectivity index is 0.833. The van der Waals surface area contributed by atoms with Gasteiger partial charge in [-0.25, -0.2) is 0 Å². The number of para-hydroxylation sites is 2. The third-order valence-corrected chi connectivity index (χ3v) is 16.4. The normalized spacial score (nSPS) is 12.2. The number of rotatable bonds is 7. The van der Waals surface area contributed by atoms with Crippen molar-refractivity contribution in [2.24, 2.45) is 0 Å². The fraction of sp³-hybridized carbons (Fsp3) is 0.0476. The molecule has 0 aliphatic carbocycles. The van der Waals surface area contributed by atoms with Crippen molar-refractivity contribution < 1.29 is 13.3 Å². The summed E-state index contributed by atoms with van der Waals surface area (Å²) in [6, 6.07) is 70.2. The maximum absolute atomic E-state index is 6.79. The van der Waals surface area contributed by atoms with E-state index >= 15 is 0 Å². The lowest BCUT2D eigenvalue weighted by Crippen LogP contribution is -2.10. The molecule has 0 atom stereocenters. The second-order valence-corrected chi connectivity index (χ2v) is 20.6. The van der Waals surface area contributed by atoms with Gasteiger partial charge in [0, 0.05) is 107 Å². The van der Waals surface area contributed by atoms with Crippen LogP contribution < -0.4 is 9.80 Å². The van der Waals surface area contributed by atoms with E-state index < -0.39 is 0 Å². The Morgan fingerprint density at radius 3 is 1.29 bits per heavy atom. The van der Waals surface area contributed by atoms with Gasteiger partial charge in [0.15, 0.2) is 0 Å². The lowest BCUT2D eigenvalue weighted by molar-refractivity contribution is 0.668. The van der Waals surface area contributed by atoms with E-state index in [2.05, 4.69) is 194 Å². The van der Waals surface area contributed by atoms with Gasteiger partial charge in [-0.05, 0) is 146 Å². The maximum Gasteiger partial charge on any atom is 0.136 e. The highest BCUT2D eigenvalue weighted by Crippen LogP contribution is 2.47. The van der Waals surface area contributed by atoms with E-state index in [4.69, 9.17) is 13.3 Å².